The SMILES string of the molecule is C=Cc1ccc(OC)cc1C(=C)CC. The molecular weight excluding hydrogens is 172 g/mol. The van der Waals surface area contributed by atoms with Crippen molar-refractivity contribution >= 4 is 11.6 Å². The molecule has 0 aliphatic rings. The van der Waals surface area contributed by atoms with Crippen LogP contribution in [0.3, 0.4) is 0 Å². The highest BCUT2D eigenvalue weighted by atomic mass is 16.5. The summed E-state index contributed by atoms with van der Waals surface area (Å²) in [6.07, 6.45) is 2.78. The van der Waals surface area contributed by atoms with E-state index in [9.17, 15) is 0 Å². The Kier molecular flexibility index (Phi) is 3.52. The molecule has 14 heavy (non-hydrogen) atoms. The third-order valence-corrected chi connectivity index (χ3v) is 2.29. The second-order valence-electron chi connectivity index (χ2n) is 3.11. The van der Waals surface area contributed by atoms with Gasteiger partial charge in [-0.05, 0) is 35.3 Å². The first-order valence-corrected chi connectivity index (χ1v) is 4.71. The molecule has 0 radical (unpaired) electrons. The minimum absolute atomic E-state index is 0.861. The molecule has 0 aliphatic carbocycles. The van der Waals surface area contributed by atoms with Gasteiger partial charge in [0.25, 0.3) is 0 Å². The van der Waals surface area contributed by atoms with Gasteiger partial charge in [-0.2, -0.15) is 0 Å². The summed E-state index contributed by atoms with van der Waals surface area (Å²) >= 11 is 0. The highest BCUT2D eigenvalue weighted by Gasteiger charge is 2.03. The fourth-order valence-corrected chi connectivity index (χ4v) is 1.34. The molecule has 1 rings (SSSR count). The molecule has 0 bridgehead atoms. The van der Waals surface area contributed by atoms with Gasteiger partial charge in [0.2, 0.25) is 0 Å². The van der Waals surface area contributed by atoms with Gasteiger partial charge in [0.15, 0.2) is 0 Å². The average Bonchev–Trinajstić information content (AvgIpc) is 2.27. The van der Waals surface area contributed by atoms with E-state index in [2.05, 4.69) is 20.1 Å². The van der Waals surface area contributed by atoms with Crippen LogP contribution in [0.15, 0.2) is 31.4 Å². The molecule has 0 unspecified atom stereocenters. The Bertz CT molecular complexity index is 350. The number of methoxy groups -OCH3 is 1. The van der Waals surface area contributed by atoms with Crippen molar-refractivity contribution in [2.24, 2.45) is 0 Å². The highest BCUT2D eigenvalue weighted by molar-refractivity contribution is 5.73. The van der Waals surface area contributed by atoms with E-state index in [1.807, 2.05) is 24.3 Å². The van der Waals surface area contributed by atoms with Crippen molar-refractivity contribution in [2.45, 2.75) is 13.3 Å². The molecule has 0 aliphatic heterocycles. The maximum absolute atomic E-state index is 5.17. The summed E-state index contributed by atoms with van der Waals surface area (Å²) in [4.78, 5) is 0. The van der Waals surface area contributed by atoms with E-state index in [4.69, 9.17) is 4.74 Å². The largest absolute Gasteiger partial charge is 0.497 e. The van der Waals surface area contributed by atoms with Gasteiger partial charge in [0, 0.05) is 0 Å². The summed E-state index contributed by atoms with van der Waals surface area (Å²) < 4.78 is 5.17. The first-order valence-electron chi connectivity index (χ1n) is 4.71. The van der Waals surface area contributed by atoms with Gasteiger partial charge < -0.3 is 4.74 Å². The molecule has 1 aromatic rings. The van der Waals surface area contributed by atoms with Gasteiger partial charge in [0.05, 0.1) is 7.11 Å². The van der Waals surface area contributed by atoms with Crippen molar-refractivity contribution in [1.82, 2.24) is 0 Å². The molecule has 0 fully saturated rings. The third-order valence-electron chi connectivity index (χ3n) is 2.29. The minimum Gasteiger partial charge on any atom is -0.497 e. The lowest BCUT2D eigenvalue weighted by atomic mass is 9.99. The van der Waals surface area contributed by atoms with Crippen LogP contribution in [-0.2, 0) is 0 Å². The maximum Gasteiger partial charge on any atom is 0.119 e. The standard InChI is InChI=1S/C13H16O/c1-5-10(3)13-9-12(14-4)8-7-11(13)6-2/h6-9H,2-3,5H2,1,4H3. The highest BCUT2D eigenvalue weighted by Crippen LogP contribution is 2.25. The quantitative estimate of drug-likeness (QED) is 0.699. The topological polar surface area (TPSA) is 9.23 Å². The van der Waals surface area contributed by atoms with Crippen LogP contribution >= 0.6 is 0 Å². The molecule has 0 heterocycles. The minimum atomic E-state index is 0.861. The van der Waals surface area contributed by atoms with Crippen molar-refractivity contribution < 1.29 is 4.74 Å². The van der Waals surface area contributed by atoms with Crippen LogP contribution in [0, 0.1) is 0 Å². The summed E-state index contributed by atoms with van der Waals surface area (Å²) in [7, 11) is 1.67. The second kappa shape index (κ2) is 4.66. The van der Waals surface area contributed by atoms with Crippen molar-refractivity contribution in [2.75, 3.05) is 7.11 Å². The lowest BCUT2D eigenvalue weighted by Crippen LogP contribution is -1.89. The van der Waals surface area contributed by atoms with E-state index in [1.54, 1.807) is 7.11 Å². The first-order chi connectivity index (χ1) is 6.72. The number of hydrogen-bond acceptors (Lipinski definition) is 1. The Morgan fingerprint density at radius 3 is 2.71 bits per heavy atom. The van der Waals surface area contributed by atoms with Crippen LogP contribution in [0.4, 0.5) is 0 Å². The fourth-order valence-electron chi connectivity index (χ4n) is 1.34. The molecule has 1 nitrogen and oxygen atoms in total. The fraction of sp³-hybridized carbons (Fsp3) is 0.231. The summed E-state index contributed by atoms with van der Waals surface area (Å²) in [5.41, 5.74) is 3.35. The number of benzene rings is 1. The predicted molar refractivity (Wildman–Crippen MR) is 62.4 cm³/mol. The molecule has 0 saturated carbocycles. The van der Waals surface area contributed by atoms with E-state index >= 15 is 0 Å². The van der Waals surface area contributed by atoms with Crippen LogP contribution in [0.5, 0.6) is 5.75 Å². The van der Waals surface area contributed by atoms with E-state index in [1.165, 1.54) is 0 Å². The van der Waals surface area contributed by atoms with Gasteiger partial charge in [0.1, 0.15) is 5.75 Å². The first kappa shape index (κ1) is 10.6. The number of rotatable bonds is 4. The molecule has 0 aromatic heterocycles. The Labute approximate surface area is 85.7 Å². The molecule has 1 aromatic carbocycles. The Morgan fingerprint density at radius 1 is 1.50 bits per heavy atom. The Balaban J connectivity index is 3.21. The number of ether oxygens (including phenoxy) is 1. The normalized spacial score (nSPS) is 9.57. The summed E-state index contributed by atoms with van der Waals surface area (Å²) in [6, 6.07) is 5.94. The van der Waals surface area contributed by atoms with Crippen molar-refractivity contribution in [3.63, 3.8) is 0 Å². The van der Waals surface area contributed by atoms with Crippen molar-refractivity contribution in [3.8, 4) is 5.75 Å². The smallest absolute Gasteiger partial charge is 0.119 e. The molecule has 0 N–H and O–H groups in total. The van der Waals surface area contributed by atoms with Gasteiger partial charge in [-0.3, -0.25) is 0 Å². The van der Waals surface area contributed by atoms with Gasteiger partial charge in [-0.15, -0.1) is 0 Å². The van der Waals surface area contributed by atoms with E-state index in [-0.39, 0.29) is 0 Å². The Morgan fingerprint density at radius 2 is 2.21 bits per heavy atom. The number of allylic oxidation sites excluding steroid dienone is 1. The summed E-state index contributed by atoms with van der Waals surface area (Å²) in [5.74, 6) is 0.861. The zero-order chi connectivity index (χ0) is 10.6. The zero-order valence-corrected chi connectivity index (χ0v) is 8.84. The van der Waals surface area contributed by atoms with Crippen LogP contribution in [0.1, 0.15) is 24.5 Å². The van der Waals surface area contributed by atoms with E-state index < -0.39 is 0 Å². The molecule has 74 valence electrons. The monoisotopic (exact) mass is 188 g/mol. The van der Waals surface area contributed by atoms with Crippen LogP contribution < -0.4 is 4.74 Å². The van der Waals surface area contributed by atoms with Crippen molar-refractivity contribution in [3.05, 3.63) is 42.5 Å². The lowest BCUT2D eigenvalue weighted by molar-refractivity contribution is 0.414. The molecule has 0 saturated heterocycles. The van der Waals surface area contributed by atoms with E-state index in [0.717, 1.165) is 28.9 Å². The van der Waals surface area contributed by atoms with Gasteiger partial charge >= 0.3 is 0 Å². The predicted octanol–water partition coefficient (Wildman–Crippen LogP) is 3.76. The van der Waals surface area contributed by atoms with Crippen LogP contribution in [0.2, 0.25) is 0 Å². The average molecular weight is 188 g/mol. The van der Waals surface area contributed by atoms with E-state index in [0.29, 0.717) is 0 Å². The van der Waals surface area contributed by atoms with Gasteiger partial charge in [-0.1, -0.05) is 32.2 Å². The molecular formula is C13H16O. The number of hydrogen-bond donors (Lipinski definition) is 0. The maximum atomic E-state index is 5.17. The Hall–Kier alpha value is -1.50. The summed E-state index contributed by atoms with van der Waals surface area (Å²) in [5, 5.41) is 0. The molecule has 0 spiro atoms. The molecule has 0 amide bonds. The zero-order valence-electron chi connectivity index (χ0n) is 8.84. The molecule has 1 heteroatoms. The molecule has 0 atom stereocenters. The third kappa shape index (κ3) is 2.05. The van der Waals surface area contributed by atoms with Crippen LogP contribution in [0.25, 0.3) is 11.6 Å². The summed E-state index contributed by atoms with van der Waals surface area (Å²) in [6.45, 7) is 9.90. The van der Waals surface area contributed by atoms with Crippen LogP contribution in [-0.4, -0.2) is 7.11 Å². The van der Waals surface area contributed by atoms with Crippen molar-refractivity contribution in [1.29, 1.82) is 0 Å². The van der Waals surface area contributed by atoms with Gasteiger partial charge in [-0.25, -0.2) is 0 Å². The lowest BCUT2D eigenvalue weighted by Gasteiger charge is -2.09. The second-order valence-corrected chi connectivity index (χ2v) is 3.11.